The lowest BCUT2D eigenvalue weighted by molar-refractivity contribution is -0.116. The monoisotopic (exact) mass is 377 g/mol. The van der Waals surface area contributed by atoms with Gasteiger partial charge in [0.2, 0.25) is 5.91 Å². The van der Waals surface area contributed by atoms with Gasteiger partial charge >= 0.3 is 0 Å². The SMILES string of the molecule is Cc1ccc(OCCC(=O)Nc2ccc(-c3cn4ccsc4n3)cc2)cc1. The molecule has 0 spiro atoms. The van der Waals surface area contributed by atoms with Crippen LogP contribution in [0.4, 0.5) is 5.69 Å². The van der Waals surface area contributed by atoms with Gasteiger partial charge in [0.15, 0.2) is 4.96 Å². The summed E-state index contributed by atoms with van der Waals surface area (Å²) in [4.78, 5) is 17.6. The van der Waals surface area contributed by atoms with Crippen LogP contribution in [-0.2, 0) is 4.79 Å². The Balaban J connectivity index is 1.30. The van der Waals surface area contributed by atoms with E-state index in [1.807, 2.05) is 77.6 Å². The Kier molecular flexibility index (Phi) is 4.89. The minimum absolute atomic E-state index is 0.0719. The number of hydrogen-bond acceptors (Lipinski definition) is 4. The predicted molar refractivity (Wildman–Crippen MR) is 108 cm³/mol. The van der Waals surface area contributed by atoms with Crippen molar-refractivity contribution in [3.05, 3.63) is 71.9 Å². The number of fused-ring (bicyclic) bond motifs is 1. The summed E-state index contributed by atoms with van der Waals surface area (Å²) in [6.07, 6.45) is 4.29. The Bertz CT molecular complexity index is 1020. The number of imidazole rings is 1. The van der Waals surface area contributed by atoms with Gasteiger partial charge in [-0.2, -0.15) is 0 Å². The van der Waals surface area contributed by atoms with Crippen molar-refractivity contribution in [3.63, 3.8) is 0 Å². The summed E-state index contributed by atoms with van der Waals surface area (Å²) < 4.78 is 7.60. The zero-order chi connectivity index (χ0) is 18.6. The third-order valence-corrected chi connectivity index (χ3v) is 4.95. The van der Waals surface area contributed by atoms with Crippen LogP contribution >= 0.6 is 11.3 Å². The summed E-state index contributed by atoms with van der Waals surface area (Å²) in [6.45, 7) is 2.37. The van der Waals surface area contributed by atoms with Crippen molar-refractivity contribution < 1.29 is 9.53 Å². The van der Waals surface area contributed by atoms with E-state index in [-0.39, 0.29) is 5.91 Å². The maximum atomic E-state index is 12.1. The Morgan fingerprint density at radius 1 is 1.15 bits per heavy atom. The van der Waals surface area contributed by atoms with Crippen LogP contribution in [0.15, 0.2) is 66.3 Å². The molecule has 4 rings (SSSR count). The highest BCUT2D eigenvalue weighted by atomic mass is 32.1. The van der Waals surface area contributed by atoms with Crippen LogP contribution < -0.4 is 10.1 Å². The Morgan fingerprint density at radius 3 is 2.67 bits per heavy atom. The van der Waals surface area contributed by atoms with E-state index in [0.29, 0.717) is 13.0 Å². The lowest BCUT2D eigenvalue weighted by Gasteiger charge is -2.08. The quantitative estimate of drug-likeness (QED) is 0.526. The van der Waals surface area contributed by atoms with Crippen molar-refractivity contribution in [2.24, 2.45) is 0 Å². The molecular formula is C21H19N3O2S. The molecule has 4 aromatic rings. The number of rotatable bonds is 6. The summed E-state index contributed by atoms with van der Waals surface area (Å²) >= 11 is 1.60. The highest BCUT2D eigenvalue weighted by Crippen LogP contribution is 2.23. The number of amides is 1. The van der Waals surface area contributed by atoms with Gasteiger partial charge in [0.05, 0.1) is 18.7 Å². The van der Waals surface area contributed by atoms with Crippen molar-refractivity contribution in [2.75, 3.05) is 11.9 Å². The van der Waals surface area contributed by atoms with Gasteiger partial charge < -0.3 is 10.1 Å². The van der Waals surface area contributed by atoms with Crippen molar-refractivity contribution in [2.45, 2.75) is 13.3 Å². The normalized spacial score (nSPS) is 10.9. The fourth-order valence-corrected chi connectivity index (χ4v) is 3.41. The first-order valence-electron chi connectivity index (χ1n) is 8.69. The van der Waals surface area contributed by atoms with Crippen molar-refractivity contribution in [3.8, 4) is 17.0 Å². The predicted octanol–water partition coefficient (Wildman–Crippen LogP) is 4.78. The number of nitrogens with one attached hydrogen (secondary N) is 1. The van der Waals surface area contributed by atoms with Gasteiger partial charge in [-0.15, -0.1) is 11.3 Å². The number of hydrogen-bond donors (Lipinski definition) is 1. The molecule has 0 radical (unpaired) electrons. The largest absolute Gasteiger partial charge is 0.493 e. The molecule has 6 heteroatoms. The Morgan fingerprint density at radius 2 is 1.93 bits per heavy atom. The number of aryl methyl sites for hydroxylation is 1. The number of benzene rings is 2. The van der Waals surface area contributed by atoms with Crippen molar-refractivity contribution in [1.29, 1.82) is 0 Å². The van der Waals surface area contributed by atoms with Crippen LogP contribution in [0, 0.1) is 6.92 Å². The first-order valence-corrected chi connectivity index (χ1v) is 9.57. The van der Waals surface area contributed by atoms with Crippen LogP contribution in [0.2, 0.25) is 0 Å². The minimum atomic E-state index is -0.0719. The van der Waals surface area contributed by atoms with Gasteiger partial charge in [0, 0.05) is 29.0 Å². The van der Waals surface area contributed by atoms with Crippen LogP contribution in [0.3, 0.4) is 0 Å². The standard InChI is InChI=1S/C21H19N3O2S/c1-15-2-8-18(9-3-15)26-12-10-20(25)22-17-6-4-16(5-7-17)19-14-24-11-13-27-21(24)23-19/h2-9,11,13-14H,10,12H2,1H3,(H,22,25). The van der Waals surface area contributed by atoms with E-state index in [9.17, 15) is 4.79 Å². The van der Waals surface area contributed by atoms with Crippen LogP contribution in [-0.4, -0.2) is 21.9 Å². The molecule has 0 saturated heterocycles. The fourth-order valence-electron chi connectivity index (χ4n) is 2.71. The number of aromatic nitrogens is 2. The minimum Gasteiger partial charge on any atom is -0.493 e. The first kappa shape index (κ1) is 17.3. The van der Waals surface area contributed by atoms with E-state index in [4.69, 9.17) is 4.74 Å². The zero-order valence-corrected chi connectivity index (χ0v) is 15.7. The van der Waals surface area contributed by atoms with Gasteiger partial charge in [-0.1, -0.05) is 29.8 Å². The lowest BCUT2D eigenvalue weighted by Crippen LogP contribution is -2.15. The number of thiazole rings is 1. The maximum absolute atomic E-state index is 12.1. The highest BCUT2D eigenvalue weighted by Gasteiger charge is 2.07. The van der Waals surface area contributed by atoms with E-state index in [0.717, 1.165) is 27.7 Å². The van der Waals surface area contributed by atoms with Gasteiger partial charge in [0.25, 0.3) is 0 Å². The molecular weight excluding hydrogens is 358 g/mol. The molecule has 2 aromatic carbocycles. The third-order valence-electron chi connectivity index (χ3n) is 4.18. The maximum Gasteiger partial charge on any atom is 0.227 e. The van der Waals surface area contributed by atoms with Crippen LogP contribution in [0.5, 0.6) is 5.75 Å². The zero-order valence-electron chi connectivity index (χ0n) is 14.9. The van der Waals surface area contributed by atoms with Gasteiger partial charge in [-0.25, -0.2) is 4.98 Å². The molecule has 27 heavy (non-hydrogen) atoms. The Labute approximate surface area is 161 Å². The molecule has 0 saturated carbocycles. The molecule has 1 N–H and O–H groups in total. The smallest absolute Gasteiger partial charge is 0.227 e. The van der Waals surface area contributed by atoms with E-state index < -0.39 is 0 Å². The fraction of sp³-hybridized carbons (Fsp3) is 0.143. The number of nitrogens with zero attached hydrogens (tertiary/aromatic N) is 2. The molecule has 0 fully saturated rings. The molecule has 0 aliphatic rings. The average Bonchev–Trinajstić information content (AvgIpc) is 3.26. The van der Waals surface area contributed by atoms with E-state index in [1.54, 1.807) is 11.3 Å². The first-order chi connectivity index (χ1) is 13.2. The molecule has 0 aliphatic heterocycles. The van der Waals surface area contributed by atoms with Crippen molar-refractivity contribution >= 4 is 27.9 Å². The molecule has 0 bridgehead atoms. The molecule has 1 amide bonds. The van der Waals surface area contributed by atoms with Gasteiger partial charge in [0.1, 0.15) is 5.75 Å². The number of anilines is 1. The van der Waals surface area contributed by atoms with E-state index in [1.165, 1.54) is 5.56 Å². The van der Waals surface area contributed by atoms with Crippen molar-refractivity contribution in [1.82, 2.24) is 9.38 Å². The summed E-state index contributed by atoms with van der Waals surface area (Å²) in [5, 5.41) is 4.90. The molecule has 0 unspecified atom stereocenters. The van der Waals surface area contributed by atoms with Crippen LogP contribution in [0.25, 0.3) is 16.2 Å². The van der Waals surface area contributed by atoms with E-state index in [2.05, 4.69) is 10.3 Å². The van der Waals surface area contributed by atoms with Gasteiger partial charge in [-0.05, 0) is 31.2 Å². The molecule has 2 heterocycles. The number of carbonyl (C=O) groups is 1. The number of carbonyl (C=O) groups excluding carboxylic acids is 1. The highest BCUT2D eigenvalue weighted by molar-refractivity contribution is 7.15. The second kappa shape index (κ2) is 7.63. The molecule has 0 atom stereocenters. The second-order valence-corrected chi connectivity index (χ2v) is 7.13. The molecule has 5 nitrogen and oxygen atoms in total. The molecule has 2 aromatic heterocycles. The topological polar surface area (TPSA) is 55.6 Å². The summed E-state index contributed by atoms with van der Waals surface area (Å²) in [7, 11) is 0. The van der Waals surface area contributed by atoms with Gasteiger partial charge in [-0.3, -0.25) is 9.20 Å². The summed E-state index contributed by atoms with van der Waals surface area (Å²) in [6, 6.07) is 15.5. The molecule has 136 valence electrons. The van der Waals surface area contributed by atoms with Crippen LogP contribution in [0.1, 0.15) is 12.0 Å². The third kappa shape index (κ3) is 4.17. The summed E-state index contributed by atoms with van der Waals surface area (Å²) in [5.41, 5.74) is 3.89. The lowest BCUT2D eigenvalue weighted by atomic mass is 10.1. The molecule has 0 aliphatic carbocycles. The second-order valence-electron chi connectivity index (χ2n) is 6.26. The average molecular weight is 377 g/mol. The number of ether oxygens (including phenoxy) is 1. The summed E-state index contributed by atoms with van der Waals surface area (Å²) in [5.74, 6) is 0.704. The Hall–Kier alpha value is -3.12. The van der Waals surface area contributed by atoms with E-state index >= 15 is 0 Å².